The van der Waals surface area contributed by atoms with Crippen molar-refractivity contribution >= 4 is 32.6 Å². The van der Waals surface area contributed by atoms with Gasteiger partial charge in [-0.25, -0.2) is 8.42 Å². The van der Waals surface area contributed by atoms with Gasteiger partial charge in [-0.05, 0) is 0 Å². The Hall–Kier alpha value is 0.640. The molecule has 0 bridgehead atoms. The summed E-state index contributed by atoms with van der Waals surface area (Å²) in [7, 11) is -2.87. The molecule has 1 rings (SSSR count). The molecule has 0 aromatic heterocycles. The van der Waals surface area contributed by atoms with E-state index in [0.29, 0.717) is 17.0 Å². The van der Waals surface area contributed by atoms with Gasteiger partial charge in [0.25, 0.3) is 0 Å². The Morgan fingerprint density at radius 1 is 1.56 bits per heavy atom. The maximum Gasteiger partial charge on any atom is 0.211 e. The van der Waals surface area contributed by atoms with Crippen LogP contribution in [0.2, 0.25) is 0 Å². The first-order valence-electron chi connectivity index (χ1n) is 2.59. The molecule has 9 heavy (non-hydrogen) atoms. The molecule has 0 atom stereocenters. The summed E-state index contributed by atoms with van der Waals surface area (Å²) in [5.74, 6) is 0. The molecule has 0 aromatic rings. The Kier molecular flexibility index (Phi) is 2.02. The zero-order valence-electron chi connectivity index (χ0n) is 5.04. The maximum absolute atomic E-state index is 10.7. The van der Waals surface area contributed by atoms with Gasteiger partial charge < -0.3 is 0 Å². The number of halogens is 1. The van der Waals surface area contributed by atoms with E-state index in [1.807, 2.05) is 0 Å². The van der Waals surface area contributed by atoms with Crippen LogP contribution in [-0.4, -0.2) is 36.0 Å². The third-order valence-corrected chi connectivity index (χ3v) is 3.30. The summed E-state index contributed by atoms with van der Waals surface area (Å²) >= 11 is 2.24. The highest BCUT2D eigenvalue weighted by Crippen LogP contribution is 2.18. The molecule has 0 aliphatic carbocycles. The molecule has 0 saturated carbocycles. The molecule has 54 valence electrons. The quantitative estimate of drug-likeness (QED) is 0.494. The minimum Gasteiger partial charge on any atom is -0.213 e. The van der Waals surface area contributed by atoms with Gasteiger partial charge in [0.2, 0.25) is 10.0 Å². The SMILES string of the molecule is CS(=O)(=O)N1CC(I)C1. The Morgan fingerprint density at radius 2 is 2.00 bits per heavy atom. The molecule has 1 saturated heterocycles. The third kappa shape index (κ3) is 1.78. The van der Waals surface area contributed by atoms with Gasteiger partial charge in [0.05, 0.1) is 6.26 Å². The van der Waals surface area contributed by atoms with Crippen LogP contribution in [-0.2, 0) is 10.0 Å². The van der Waals surface area contributed by atoms with E-state index >= 15 is 0 Å². The number of alkyl halides is 1. The number of hydrogen-bond acceptors (Lipinski definition) is 2. The molecule has 1 aliphatic rings. The molecular weight excluding hydrogens is 253 g/mol. The summed E-state index contributed by atoms with van der Waals surface area (Å²) in [5.41, 5.74) is 0. The van der Waals surface area contributed by atoms with Crippen molar-refractivity contribution in [1.29, 1.82) is 0 Å². The Bertz CT molecular complexity index is 195. The second-order valence-corrected chi connectivity index (χ2v) is 5.92. The van der Waals surface area contributed by atoms with Gasteiger partial charge in [-0.15, -0.1) is 0 Å². The van der Waals surface area contributed by atoms with Gasteiger partial charge in [0, 0.05) is 17.0 Å². The van der Waals surface area contributed by atoms with Crippen LogP contribution in [0.15, 0.2) is 0 Å². The molecule has 1 heterocycles. The highest BCUT2D eigenvalue weighted by Gasteiger charge is 2.30. The lowest BCUT2D eigenvalue weighted by Crippen LogP contribution is -2.49. The second-order valence-electron chi connectivity index (χ2n) is 2.18. The maximum atomic E-state index is 10.7. The zero-order valence-corrected chi connectivity index (χ0v) is 8.02. The monoisotopic (exact) mass is 261 g/mol. The van der Waals surface area contributed by atoms with Gasteiger partial charge in [-0.2, -0.15) is 4.31 Å². The molecule has 0 spiro atoms. The second kappa shape index (κ2) is 2.35. The predicted molar refractivity (Wildman–Crippen MR) is 44.2 cm³/mol. The van der Waals surface area contributed by atoms with Crippen molar-refractivity contribution in [2.24, 2.45) is 0 Å². The van der Waals surface area contributed by atoms with Crippen LogP contribution in [0.3, 0.4) is 0 Å². The van der Waals surface area contributed by atoms with Gasteiger partial charge in [-0.1, -0.05) is 22.6 Å². The van der Waals surface area contributed by atoms with Crippen molar-refractivity contribution in [2.75, 3.05) is 19.3 Å². The van der Waals surface area contributed by atoms with Crippen molar-refractivity contribution in [3.05, 3.63) is 0 Å². The van der Waals surface area contributed by atoms with Crippen LogP contribution in [0.4, 0.5) is 0 Å². The number of hydrogen-bond donors (Lipinski definition) is 0. The van der Waals surface area contributed by atoms with Crippen LogP contribution in [0.5, 0.6) is 0 Å². The Labute approximate surface area is 68.6 Å². The lowest BCUT2D eigenvalue weighted by Gasteiger charge is -2.33. The molecule has 3 nitrogen and oxygen atoms in total. The molecule has 0 radical (unpaired) electrons. The van der Waals surface area contributed by atoms with E-state index in [-0.39, 0.29) is 0 Å². The van der Waals surface area contributed by atoms with Crippen molar-refractivity contribution in [1.82, 2.24) is 4.31 Å². The Morgan fingerprint density at radius 3 is 2.11 bits per heavy atom. The largest absolute Gasteiger partial charge is 0.213 e. The average molecular weight is 261 g/mol. The normalized spacial score (nSPS) is 23.8. The van der Waals surface area contributed by atoms with Crippen LogP contribution in [0.25, 0.3) is 0 Å². The predicted octanol–water partition coefficient (Wildman–Crippen LogP) is 0.0652. The van der Waals surface area contributed by atoms with E-state index in [1.165, 1.54) is 10.6 Å². The smallest absolute Gasteiger partial charge is 0.211 e. The van der Waals surface area contributed by atoms with Crippen molar-refractivity contribution in [3.8, 4) is 0 Å². The molecule has 0 N–H and O–H groups in total. The fraction of sp³-hybridized carbons (Fsp3) is 1.00. The van der Waals surface area contributed by atoms with E-state index in [2.05, 4.69) is 22.6 Å². The van der Waals surface area contributed by atoms with E-state index < -0.39 is 10.0 Å². The van der Waals surface area contributed by atoms with E-state index in [1.54, 1.807) is 0 Å². The van der Waals surface area contributed by atoms with Crippen LogP contribution in [0.1, 0.15) is 0 Å². The fourth-order valence-corrected chi connectivity index (χ4v) is 3.05. The lowest BCUT2D eigenvalue weighted by molar-refractivity contribution is 0.332. The first-order chi connectivity index (χ1) is 4.00. The lowest BCUT2D eigenvalue weighted by atomic mass is 10.3. The summed E-state index contributed by atoms with van der Waals surface area (Å²) < 4.78 is 23.4. The summed E-state index contributed by atoms with van der Waals surface area (Å²) in [6.45, 7) is 1.39. The van der Waals surface area contributed by atoms with Crippen LogP contribution in [0, 0.1) is 0 Å². The standard InChI is InChI=1S/C4H8INO2S/c1-9(7,8)6-2-4(5)3-6/h4H,2-3H2,1H3. The third-order valence-electron chi connectivity index (χ3n) is 1.27. The Balaban J connectivity index is 2.51. The fourth-order valence-electron chi connectivity index (χ4n) is 0.659. The first kappa shape index (κ1) is 7.74. The first-order valence-corrected chi connectivity index (χ1v) is 5.69. The zero-order chi connectivity index (χ0) is 7.07. The van der Waals surface area contributed by atoms with Crippen molar-refractivity contribution in [2.45, 2.75) is 3.92 Å². The highest BCUT2D eigenvalue weighted by molar-refractivity contribution is 14.1. The minimum atomic E-state index is -2.87. The molecule has 0 amide bonds. The number of rotatable bonds is 1. The van der Waals surface area contributed by atoms with Crippen molar-refractivity contribution < 1.29 is 8.42 Å². The molecule has 0 unspecified atom stereocenters. The summed E-state index contributed by atoms with van der Waals surface area (Å²) in [6.07, 6.45) is 1.25. The molecule has 1 aliphatic heterocycles. The highest BCUT2D eigenvalue weighted by atomic mass is 127. The van der Waals surface area contributed by atoms with Crippen LogP contribution < -0.4 is 0 Å². The molecule has 1 fully saturated rings. The van der Waals surface area contributed by atoms with Gasteiger partial charge in [-0.3, -0.25) is 0 Å². The van der Waals surface area contributed by atoms with E-state index in [4.69, 9.17) is 0 Å². The van der Waals surface area contributed by atoms with Crippen LogP contribution >= 0.6 is 22.6 Å². The topological polar surface area (TPSA) is 37.4 Å². The molecule has 5 heteroatoms. The van der Waals surface area contributed by atoms with E-state index in [9.17, 15) is 8.42 Å². The number of nitrogens with zero attached hydrogens (tertiary/aromatic N) is 1. The number of sulfonamides is 1. The minimum absolute atomic E-state index is 0.525. The van der Waals surface area contributed by atoms with Gasteiger partial charge in [0.1, 0.15) is 0 Å². The van der Waals surface area contributed by atoms with Gasteiger partial charge in [0.15, 0.2) is 0 Å². The summed E-state index contributed by atoms with van der Waals surface area (Å²) in [6, 6.07) is 0. The summed E-state index contributed by atoms with van der Waals surface area (Å²) in [5, 5.41) is 0. The average Bonchev–Trinajstić information content (AvgIpc) is 1.55. The van der Waals surface area contributed by atoms with Gasteiger partial charge >= 0.3 is 0 Å². The molecular formula is C4H8INO2S. The van der Waals surface area contributed by atoms with Crippen molar-refractivity contribution in [3.63, 3.8) is 0 Å². The van der Waals surface area contributed by atoms with E-state index in [0.717, 1.165) is 0 Å². The molecule has 0 aromatic carbocycles. The summed E-state index contributed by atoms with van der Waals surface area (Å²) in [4.78, 5) is 0.